The number of hydrogen-bond donors (Lipinski definition) is 0. The molecule has 2 aliphatic rings. The van der Waals surface area contributed by atoms with Gasteiger partial charge in [0.1, 0.15) is 0 Å². The third-order valence-electron chi connectivity index (χ3n) is 4.85. The summed E-state index contributed by atoms with van der Waals surface area (Å²) in [6.45, 7) is 10.5. The maximum absolute atomic E-state index is 6.14. The van der Waals surface area contributed by atoms with Crippen molar-refractivity contribution in [3.05, 3.63) is 23.9 Å². The van der Waals surface area contributed by atoms with Gasteiger partial charge in [-0.25, -0.2) is 0 Å². The van der Waals surface area contributed by atoms with Crippen molar-refractivity contribution in [2.75, 3.05) is 20.1 Å². The van der Waals surface area contributed by atoms with Gasteiger partial charge in [0.05, 0.1) is 16.8 Å². The summed E-state index contributed by atoms with van der Waals surface area (Å²) >= 11 is 0. The molecule has 0 amide bonds. The van der Waals surface area contributed by atoms with Gasteiger partial charge in [-0.3, -0.25) is 4.98 Å². The van der Waals surface area contributed by atoms with Gasteiger partial charge >= 0.3 is 7.12 Å². The summed E-state index contributed by atoms with van der Waals surface area (Å²) in [5.74, 6) is 0.544. The zero-order valence-electron chi connectivity index (χ0n) is 13.0. The van der Waals surface area contributed by atoms with E-state index in [4.69, 9.17) is 9.31 Å². The number of likely N-dealkylation sites (N-methyl/N-ethyl adjacent to an activating group) is 1. The van der Waals surface area contributed by atoms with Gasteiger partial charge in [-0.15, -0.1) is 0 Å². The lowest BCUT2D eigenvalue weighted by molar-refractivity contribution is 0.00578. The molecule has 0 bridgehead atoms. The highest BCUT2D eigenvalue weighted by Gasteiger charge is 2.53. The van der Waals surface area contributed by atoms with Gasteiger partial charge in [0.15, 0.2) is 0 Å². The SMILES string of the molecule is CN1CC(c2cccnc2B2OC(C)(C)C(C)(C)O2)C1. The smallest absolute Gasteiger partial charge is 0.398 e. The molecule has 0 aliphatic carbocycles. The lowest BCUT2D eigenvalue weighted by atomic mass is 9.76. The Bertz CT molecular complexity index is 496. The summed E-state index contributed by atoms with van der Waals surface area (Å²) in [5.41, 5.74) is 1.58. The molecule has 1 aromatic rings. The van der Waals surface area contributed by atoms with Crippen LogP contribution in [0.25, 0.3) is 0 Å². The number of pyridine rings is 1. The van der Waals surface area contributed by atoms with Crippen molar-refractivity contribution < 1.29 is 9.31 Å². The quantitative estimate of drug-likeness (QED) is 0.764. The Morgan fingerprint density at radius 3 is 2.35 bits per heavy atom. The fourth-order valence-corrected chi connectivity index (χ4v) is 2.82. The average Bonchev–Trinajstić information content (AvgIpc) is 2.55. The third-order valence-corrected chi connectivity index (χ3v) is 4.85. The molecule has 3 rings (SSSR count). The molecule has 0 unspecified atom stereocenters. The molecule has 4 nitrogen and oxygen atoms in total. The van der Waals surface area contributed by atoms with Crippen LogP contribution in [0.15, 0.2) is 18.3 Å². The van der Waals surface area contributed by atoms with Crippen molar-refractivity contribution >= 4 is 12.7 Å². The van der Waals surface area contributed by atoms with E-state index in [0.717, 1.165) is 18.7 Å². The van der Waals surface area contributed by atoms with Crippen molar-refractivity contribution in [2.45, 2.75) is 44.8 Å². The van der Waals surface area contributed by atoms with Crippen LogP contribution in [0, 0.1) is 0 Å². The maximum Gasteiger partial charge on any atom is 0.514 e. The topological polar surface area (TPSA) is 34.6 Å². The average molecular weight is 274 g/mol. The first-order valence-corrected chi connectivity index (χ1v) is 7.29. The van der Waals surface area contributed by atoms with Crippen molar-refractivity contribution in [3.8, 4) is 0 Å². The summed E-state index contributed by atoms with van der Waals surface area (Å²) in [7, 11) is 1.78. The third kappa shape index (κ3) is 2.18. The van der Waals surface area contributed by atoms with E-state index in [1.165, 1.54) is 5.56 Å². The van der Waals surface area contributed by atoms with E-state index in [0.29, 0.717) is 5.92 Å². The lowest BCUT2D eigenvalue weighted by Gasteiger charge is -2.37. The Kier molecular flexibility index (Phi) is 3.20. The molecular weight excluding hydrogens is 251 g/mol. The molecule has 5 heteroatoms. The van der Waals surface area contributed by atoms with Gasteiger partial charge in [0, 0.05) is 25.2 Å². The zero-order valence-corrected chi connectivity index (χ0v) is 13.0. The van der Waals surface area contributed by atoms with Crippen LogP contribution >= 0.6 is 0 Å². The highest BCUT2D eigenvalue weighted by atomic mass is 16.7. The standard InChI is InChI=1S/C15H23BN2O2/c1-14(2)15(3,4)20-16(19-14)13-12(7-6-8-17-13)11-9-18(5)10-11/h6-8,11H,9-10H2,1-5H3. The van der Waals surface area contributed by atoms with Crippen LogP contribution in [-0.2, 0) is 9.31 Å². The Morgan fingerprint density at radius 1 is 1.20 bits per heavy atom. The molecule has 0 radical (unpaired) electrons. The van der Waals surface area contributed by atoms with Crippen LogP contribution in [-0.4, -0.2) is 48.3 Å². The van der Waals surface area contributed by atoms with Crippen LogP contribution in [0.4, 0.5) is 0 Å². The molecule has 2 saturated heterocycles. The minimum atomic E-state index is -0.359. The normalized spacial score (nSPS) is 25.8. The van der Waals surface area contributed by atoms with Crippen LogP contribution < -0.4 is 5.59 Å². The molecular formula is C15H23BN2O2. The van der Waals surface area contributed by atoms with Gasteiger partial charge in [0.2, 0.25) is 0 Å². The van der Waals surface area contributed by atoms with Gasteiger partial charge in [-0.1, -0.05) is 6.07 Å². The van der Waals surface area contributed by atoms with Gasteiger partial charge in [-0.2, -0.15) is 0 Å². The van der Waals surface area contributed by atoms with E-state index >= 15 is 0 Å². The summed E-state index contributed by atoms with van der Waals surface area (Å²) in [4.78, 5) is 6.86. The number of hydrogen-bond acceptors (Lipinski definition) is 4. The summed E-state index contributed by atoms with van der Waals surface area (Å²) in [6, 6.07) is 4.16. The van der Waals surface area contributed by atoms with Crippen molar-refractivity contribution in [2.24, 2.45) is 0 Å². The van der Waals surface area contributed by atoms with Crippen molar-refractivity contribution in [1.29, 1.82) is 0 Å². The highest BCUT2D eigenvalue weighted by Crippen LogP contribution is 2.37. The fourth-order valence-electron chi connectivity index (χ4n) is 2.82. The number of rotatable bonds is 2. The largest absolute Gasteiger partial charge is 0.514 e. The molecule has 0 atom stereocenters. The predicted octanol–water partition coefficient (Wildman–Crippen LogP) is 1.41. The second kappa shape index (κ2) is 4.55. The second-order valence-corrected chi connectivity index (χ2v) is 6.98. The fraction of sp³-hybridized carbons (Fsp3) is 0.667. The Morgan fingerprint density at radius 2 is 1.80 bits per heavy atom. The zero-order chi connectivity index (χ0) is 14.5. The molecule has 0 spiro atoms. The molecule has 0 aromatic carbocycles. The van der Waals surface area contributed by atoms with Crippen LogP contribution in [0.2, 0.25) is 0 Å². The summed E-state index contributed by atoms with van der Waals surface area (Å²) in [6.07, 6.45) is 1.83. The molecule has 1 aromatic heterocycles. The summed E-state index contributed by atoms with van der Waals surface area (Å²) < 4.78 is 12.3. The minimum Gasteiger partial charge on any atom is -0.398 e. The molecule has 0 saturated carbocycles. The lowest BCUT2D eigenvalue weighted by Crippen LogP contribution is -2.47. The molecule has 108 valence electrons. The number of likely N-dealkylation sites (tertiary alicyclic amines) is 1. The van der Waals surface area contributed by atoms with Gasteiger partial charge < -0.3 is 14.2 Å². The number of nitrogens with zero attached hydrogens (tertiary/aromatic N) is 2. The van der Waals surface area contributed by atoms with Gasteiger partial charge in [-0.05, 0) is 46.4 Å². The van der Waals surface area contributed by atoms with Crippen molar-refractivity contribution in [3.63, 3.8) is 0 Å². The number of aromatic nitrogens is 1. The van der Waals surface area contributed by atoms with E-state index in [1.807, 2.05) is 12.3 Å². The van der Waals surface area contributed by atoms with Crippen LogP contribution in [0.5, 0.6) is 0 Å². The Balaban J connectivity index is 1.89. The maximum atomic E-state index is 6.14. The highest BCUT2D eigenvalue weighted by molar-refractivity contribution is 6.61. The minimum absolute atomic E-state index is 0.317. The van der Waals surface area contributed by atoms with E-state index in [1.54, 1.807) is 0 Å². The molecule has 20 heavy (non-hydrogen) atoms. The van der Waals surface area contributed by atoms with Crippen LogP contribution in [0.1, 0.15) is 39.2 Å². The molecule has 3 heterocycles. The van der Waals surface area contributed by atoms with Crippen molar-refractivity contribution in [1.82, 2.24) is 9.88 Å². The van der Waals surface area contributed by atoms with E-state index in [9.17, 15) is 0 Å². The predicted molar refractivity (Wildman–Crippen MR) is 80.2 cm³/mol. The van der Waals surface area contributed by atoms with E-state index < -0.39 is 0 Å². The Hall–Kier alpha value is -0.905. The van der Waals surface area contributed by atoms with E-state index in [2.05, 4.69) is 50.7 Å². The first kappa shape index (κ1) is 14.0. The molecule has 2 aliphatic heterocycles. The first-order chi connectivity index (χ1) is 9.30. The summed E-state index contributed by atoms with van der Waals surface area (Å²) in [5, 5.41) is 0. The monoisotopic (exact) mass is 274 g/mol. The second-order valence-electron chi connectivity index (χ2n) is 6.98. The first-order valence-electron chi connectivity index (χ1n) is 7.29. The Labute approximate surface area is 121 Å². The molecule has 0 N–H and O–H groups in total. The molecule has 2 fully saturated rings. The van der Waals surface area contributed by atoms with Gasteiger partial charge in [0.25, 0.3) is 0 Å². The van der Waals surface area contributed by atoms with Crippen LogP contribution in [0.3, 0.4) is 0 Å². The van der Waals surface area contributed by atoms with E-state index in [-0.39, 0.29) is 18.3 Å².